The summed E-state index contributed by atoms with van der Waals surface area (Å²) < 4.78 is 1.55. The lowest BCUT2D eigenvalue weighted by molar-refractivity contribution is -0.122. The largest absolute Gasteiger partial charge is 0.396 e. The van der Waals surface area contributed by atoms with E-state index in [2.05, 4.69) is 10.4 Å². The number of anilines is 1. The van der Waals surface area contributed by atoms with Gasteiger partial charge in [-0.25, -0.2) is 0 Å². The summed E-state index contributed by atoms with van der Waals surface area (Å²) in [7, 11) is 0. The van der Waals surface area contributed by atoms with Crippen LogP contribution in [0.2, 0.25) is 0 Å². The van der Waals surface area contributed by atoms with Gasteiger partial charge in [-0.3, -0.25) is 9.48 Å². The zero-order valence-corrected chi connectivity index (χ0v) is 9.17. The Labute approximate surface area is 92.4 Å². The van der Waals surface area contributed by atoms with E-state index in [0.29, 0.717) is 11.7 Å². The fourth-order valence-corrected chi connectivity index (χ4v) is 2.69. The van der Waals surface area contributed by atoms with Crippen LogP contribution in [0.15, 0.2) is 12.4 Å². The first-order valence-corrected chi connectivity index (χ1v) is 6.04. The summed E-state index contributed by atoms with van der Waals surface area (Å²) in [5.41, 5.74) is 6.08. The Morgan fingerprint density at radius 1 is 1.80 bits per heavy atom. The van der Waals surface area contributed by atoms with E-state index in [4.69, 9.17) is 5.73 Å². The van der Waals surface area contributed by atoms with Gasteiger partial charge in [0.05, 0.1) is 11.9 Å². The van der Waals surface area contributed by atoms with Gasteiger partial charge in [0.15, 0.2) is 0 Å². The number of nitrogens with two attached hydrogens (primary N) is 1. The minimum absolute atomic E-state index is 0.00519. The minimum atomic E-state index is 0.00519. The maximum atomic E-state index is 11.6. The monoisotopic (exact) mass is 226 g/mol. The van der Waals surface area contributed by atoms with Crippen molar-refractivity contribution in [2.24, 2.45) is 0 Å². The van der Waals surface area contributed by atoms with Crippen molar-refractivity contribution in [3.8, 4) is 0 Å². The molecule has 5 nitrogen and oxygen atoms in total. The maximum Gasteiger partial charge on any atom is 0.241 e. The number of rotatable bonds is 3. The molecule has 15 heavy (non-hydrogen) atoms. The Morgan fingerprint density at radius 2 is 2.67 bits per heavy atom. The third-order valence-electron chi connectivity index (χ3n) is 2.25. The first-order chi connectivity index (χ1) is 7.24. The number of hydrogen-bond donors (Lipinski definition) is 2. The molecule has 2 rings (SSSR count). The molecule has 82 valence electrons. The van der Waals surface area contributed by atoms with Crippen LogP contribution in [0.1, 0.15) is 6.42 Å². The van der Waals surface area contributed by atoms with Gasteiger partial charge in [-0.15, -0.1) is 0 Å². The van der Waals surface area contributed by atoms with Crippen LogP contribution in [0.5, 0.6) is 0 Å². The SMILES string of the molecule is Nc1cnn(CC(=O)NC2CCSC2)c1. The van der Waals surface area contributed by atoms with Crippen molar-refractivity contribution in [1.82, 2.24) is 15.1 Å². The molecule has 1 aromatic heterocycles. The minimum Gasteiger partial charge on any atom is -0.396 e. The van der Waals surface area contributed by atoms with E-state index in [0.717, 1.165) is 17.9 Å². The van der Waals surface area contributed by atoms with E-state index in [1.807, 2.05) is 11.8 Å². The molecular formula is C9H14N4OS. The fourth-order valence-electron chi connectivity index (χ4n) is 1.53. The summed E-state index contributed by atoms with van der Waals surface area (Å²) in [5.74, 6) is 2.16. The summed E-state index contributed by atoms with van der Waals surface area (Å²) in [6.07, 6.45) is 4.26. The van der Waals surface area contributed by atoms with Gasteiger partial charge in [0, 0.05) is 18.0 Å². The van der Waals surface area contributed by atoms with Crippen LogP contribution in [0, 0.1) is 0 Å². The van der Waals surface area contributed by atoms with Gasteiger partial charge in [-0.1, -0.05) is 0 Å². The number of amides is 1. The molecule has 3 N–H and O–H groups in total. The number of nitrogens with zero attached hydrogens (tertiary/aromatic N) is 2. The van der Waals surface area contributed by atoms with Crippen LogP contribution in [-0.2, 0) is 11.3 Å². The van der Waals surface area contributed by atoms with E-state index in [-0.39, 0.29) is 12.5 Å². The molecule has 0 radical (unpaired) electrons. The molecule has 1 aliphatic rings. The second-order valence-corrected chi connectivity index (χ2v) is 4.75. The summed E-state index contributed by atoms with van der Waals surface area (Å²) in [5, 5.41) is 6.93. The normalized spacial score (nSPS) is 20.4. The lowest BCUT2D eigenvalue weighted by Crippen LogP contribution is -2.36. The van der Waals surface area contributed by atoms with E-state index < -0.39 is 0 Å². The van der Waals surface area contributed by atoms with Gasteiger partial charge in [0.25, 0.3) is 0 Å². The Balaban J connectivity index is 1.81. The van der Waals surface area contributed by atoms with Crippen LogP contribution >= 0.6 is 11.8 Å². The second kappa shape index (κ2) is 4.57. The Morgan fingerprint density at radius 3 is 3.27 bits per heavy atom. The number of carbonyl (C=O) groups excluding carboxylic acids is 1. The highest BCUT2D eigenvalue weighted by Crippen LogP contribution is 2.16. The van der Waals surface area contributed by atoms with E-state index >= 15 is 0 Å². The van der Waals surface area contributed by atoms with E-state index in [1.165, 1.54) is 0 Å². The Hall–Kier alpha value is -1.17. The van der Waals surface area contributed by atoms with Gasteiger partial charge in [-0.2, -0.15) is 16.9 Å². The summed E-state index contributed by atoms with van der Waals surface area (Å²) in [6, 6.07) is 0.329. The number of hydrogen-bond acceptors (Lipinski definition) is 4. The highest BCUT2D eigenvalue weighted by atomic mass is 32.2. The van der Waals surface area contributed by atoms with Crippen molar-refractivity contribution in [3.63, 3.8) is 0 Å². The van der Waals surface area contributed by atoms with Gasteiger partial charge >= 0.3 is 0 Å². The quantitative estimate of drug-likeness (QED) is 0.766. The third kappa shape index (κ3) is 2.89. The molecule has 1 aromatic rings. The van der Waals surface area contributed by atoms with Crippen molar-refractivity contribution in [2.45, 2.75) is 19.0 Å². The van der Waals surface area contributed by atoms with Gasteiger partial charge < -0.3 is 11.1 Å². The summed E-state index contributed by atoms with van der Waals surface area (Å²) >= 11 is 1.88. The molecule has 1 aliphatic heterocycles. The molecule has 0 aliphatic carbocycles. The average molecular weight is 226 g/mol. The van der Waals surface area contributed by atoms with Crippen molar-refractivity contribution in [2.75, 3.05) is 17.2 Å². The maximum absolute atomic E-state index is 11.6. The van der Waals surface area contributed by atoms with Crippen LogP contribution in [0.4, 0.5) is 5.69 Å². The van der Waals surface area contributed by atoms with Gasteiger partial charge in [0.1, 0.15) is 6.54 Å². The van der Waals surface area contributed by atoms with Crippen molar-refractivity contribution in [3.05, 3.63) is 12.4 Å². The molecule has 1 atom stereocenters. The predicted molar refractivity (Wildman–Crippen MR) is 60.5 cm³/mol. The Kier molecular flexibility index (Phi) is 3.15. The molecule has 1 fully saturated rings. The number of thioether (sulfide) groups is 1. The highest BCUT2D eigenvalue weighted by molar-refractivity contribution is 7.99. The topological polar surface area (TPSA) is 72.9 Å². The average Bonchev–Trinajstić information content (AvgIpc) is 2.77. The molecule has 2 heterocycles. The molecule has 0 spiro atoms. The first-order valence-electron chi connectivity index (χ1n) is 4.89. The number of aromatic nitrogens is 2. The molecule has 0 saturated carbocycles. The van der Waals surface area contributed by atoms with Crippen LogP contribution in [-0.4, -0.2) is 33.2 Å². The molecule has 1 unspecified atom stereocenters. The fraction of sp³-hybridized carbons (Fsp3) is 0.556. The van der Waals surface area contributed by atoms with Crippen molar-refractivity contribution >= 4 is 23.4 Å². The summed E-state index contributed by atoms with van der Waals surface area (Å²) in [6.45, 7) is 0.248. The van der Waals surface area contributed by atoms with Crippen LogP contribution < -0.4 is 11.1 Å². The van der Waals surface area contributed by atoms with Crippen LogP contribution in [0.25, 0.3) is 0 Å². The number of nitrogens with one attached hydrogen (secondary N) is 1. The molecule has 0 aromatic carbocycles. The third-order valence-corrected chi connectivity index (χ3v) is 3.42. The number of carbonyl (C=O) groups is 1. The lowest BCUT2D eigenvalue weighted by atomic mass is 10.2. The summed E-state index contributed by atoms with van der Waals surface area (Å²) in [4.78, 5) is 11.6. The van der Waals surface area contributed by atoms with Crippen molar-refractivity contribution in [1.29, 1.82) is 0 Å². The van der Waals surface area contributed by atoms with Gasteiger partial charge in [0.2, 0.25) is 5.91 Å². The highest BCUT2D eigenvalue weighted by Gasteiger charge is 2.17. The standard InChI is InChI=1S/C9H14N4OS/c10-7-3-11-13(4-7)5-9(14)12-8-1-2-15-6-8/h3-4,8H,1-2,5-6,10H2,(H,12,14). The molecule has 0 bridgehead atoms. The predicted octanol–water partition coefficient (Wildman–Crippen LogP) is 0.0870. The molecular weight excluding hydrogens is 212 g/mol. The zero-order valence-electron chi connectivity index (χ0n) is 8.35. The molecule has 6 heteroatoms. The number of nitrogen functional groups attached to an aromatic ring is 1. The second-order valence-electron chi connectivity index (χ2n) is 3.60. The van der Waals surface area contributed by atoms with E-state index in [1.54, 1.807) is 17.1 Å². The van der Waals surface area contributed by atoms with E-state index in [9.17, 15) is 4.79 Å². The Bertz CT molecular complexity index is 346. The van der Waals surface area contributed by atoms with Crippen LogP contribution in [0.3, 0.4) is 0 Å². The lowest BCUT2D eigenvalue weighted by Gasteiger charge is -2.10. The van der Waals surface area contributed by atoms with Crippen molar-refractivity contribution < 1.29 is 4.79 Å². The van der Waals surface area contributed by atoms with Gasteiger partial charge in [-0.05, 0) is 12.2 Å². The zero-order chi connectivity index (χ0) is 10.7. The molecule has 1 saturated heterocycles. The molecule has 1 amide bonds. The smallest absolute Gasteiger partial charge is 0.241 e. The first kappa shape index (κ1) is 10.4.